The Bertz CT molecular complexity index is 378. The first-order valence-electron chi connectivity index (χ1n) is 3.96. The van der Waals surface area contributed by atoms with E-state index in [0.29, 0.717) is 6.42 Å². The third-order valence-electron chi connectivity index (χ3n) is 1.74. The van der Waals surface area contributed by atoms with Crippen LogP contribution in [0.25, 0.3) is 0 Å². The van der Waals surface area contributed by atoms with Crippen LogP contribution in [0.1, 0.15) is 9.67 Å². The molecule has 2 heterocycles. The summed E-state index contributed by atoms with van der Waals surface area (Å²) in [5.74, 6) is 0.0868. The molecule has 0 aliphatic carbocycles. The summed E-state index contributed by atoms with van der Waals surface area (Å²) in [6.07, 6.45) is 5.57. The molecule has 0 amide bonds. The van der Waals surface area contributed by atoms with Gasteiger partial charge in [0.25, 0.3) is 0 Å². The van der Waals surface area contributed by atoms with Crippen LogP contribution in [-0.2, 0) is 6.42 Å². The zero-order valence-corrected chi connectivity index (χ0v) is 7.75. The molecule has 0 atom stereocenters. The Morgan fingerprint density at radius 1 is 1.62 bits per heavy atom. The lowest BCUT2D eigenvalue weighted by Crippen LogP contribution is -2.11. The van der Waals surface area contributed by atoms with Gasteiger partial charge in [-0.1, -0.05) is 6.07 Å². The summed E-state index contributed by atoms with van der Waals surface area (Å²) in [5, 5.41) is 1.98. The highest BCUT2D eigenvalue weighted by Gasteiger charge is 2.10. The topological polar surface area (TPSA) is 36.1 Å². The molecule has 2 aromatic rings. The third-order valence-corrected chi connectivity index (χ3v) is 2.61. The molecule has 0 aliphatic heterocycles. The number of aromatic nitrogens is 2. The number of imidazole rings is 1. The molecule has 1 N–H and O–H groups in total. The number of nitrogens with zero attached hydrogens (tertiary/aromatic N) is 1. The normalized spacial score (nSPS) is 10.2. The standard InChI is InChI=1S/C9H8N2OS/c12-9(11-4-3-10-7-11)6-8-2-1-5-13-8/h1-5,7H,6H2/p+1. The Balaban J connectivity index is 2.08. The van der Waals surface area contributed by atoms with Gasteiger partial charge in [0.05, 0.1) is 6.42 Å². The largest absolute Gasteiger partial charge is 0.319 e. The predicted molar refractivity (Wildman–Crippen MR) is 49.6 cm³/mol. The van der Waals surface area contributed by atoms with Gasteiger partial charge >= 0.3 is 5.91 Å². The van der Waals surface area contributed by atoms with Gasteiger partial charge in [0.1, 0.15) is 12.4 Å². The number of nitrogens with one attached hydrogen (secondary N) is 1. The molecule has 13 heavy (non-hydrogen) atoms. The first-order chi connectivity index (χ1) is 6.36. The van der Waals surface area contributed by atoms with Gasteiger partial charge in [0.15, 0.2) is 0 Å². The summed E-state index contributed by atoms with van der Waals surface area (Å²) in [6.45, 7) is 0. The van der Waals surface area contributed by atoms with Crippen molar-refractivity contribution in [2.45, 2.75) is 6.42 Å². The smallest absolute Gasteiger partial charge is 0.250 e. The number of carbonyl (C=O) groups is 1. The Kier molecular flexibility index (Phi) is 2.23. The van der Waals surface area contributed by atoms with Crippen LogP contribution in [0, 0.1) is 0 Å². The maximum absolute atomic E-state index is 11.5. The van der Waals surface area contributed by atoms with Gasteiger partial charge in [-0.15, -0.1) is 11.3 Å². The fourth-order valence-electron chi connectivity index (χ4n) is 1.10. The Hall–Kier alpha value is -1.42. The summed E-state index contributed by atoms with van der Waals surface area (Å²) in [5.41, 5.74) is 0. The van der Waals surface area contributed by atoms with Crippen molar-refractivity contribution in [2.24, 2.45) is 0 Å². The second-order valence-corrected chi connectivity index (χ2v) is 3.70. The number of hydrogen-bond donors (Lipinski definition) is 0. The average molecular weight is 193 g/mol. The highest BCUT2D eigenvalue weighted by Crippen LogP contribution is 2.09. The van der Waals surface area contributed by atoms with Crippen molar-refractivity contribution < 1.29 is 9.78 Å². The van der Waals surface area contributed by atoms with Gasteiger partial charge in [0.2, 0.25) is 6.33 Å². The highest BCUT2D eigenvalue weighted by molar-refractivity contribution is 7.10. The lowest BCUT2D eigenvalue weighted by atomic mass is 10.3. The van der Waals surface area contributed by atoms with E-state index in [1.54, 1.807) is 34.6 Å². The SMILES string of the molecule is O=C(Cc1cccs1)n1cc[nH+]c1. The second kappa shape index (κ2) is 3.53. The zero-order chi connectivity index (χ0) is 9.10. The van der Waals surface area contributed by atoms with E-state index in [-0.39, 0.29) is 5.91 Å². The quantitative estimate of drug-likeness (QED) is 0.707. The zero-order valence-electron chi connectivity index (χ0n) is 6.93. The van der Waals surface area contributed by atoms with Crippen LogP contribution < -0.4 is 4.98 Å². The first-order valence-corrected chi connectivity index (χ1v) is 4.84. The minimum Gasteiger partial charge on any atom is -0.250 e. The lowest BCUT2D eigenvalue weighted by molar-refractivity contribution is -0.376. The molecule has 0 unspecified atom stereocenters. The lowest BCUT2D eigenvalue weighted by Gasteiger charge is -1.91. The van der Waals surface area contributed by atoms with Crippen LogP contribution in [0.4, 0.5) is 0 Å². The number of carbonyl (C=O) groups excluding carboxylic acids is 1. The third kappa shape index (κ3) is 1.84. The van der Waals surface area contributed by atoms with Crippen molar-refractivity contribution in [3.8, 4) is 0 Å². The number of rotatable bonds is 2. The predicted octanol–water partition coefficient (Wildman–Crippen LogP) is 1.25. The fraction of sp³-hybridized carbons (Fsp3) is 0.111. The van der Waals surface area contributed by atoms with E-state index < -0.39 is 0 Å². The van der Waals surface area contributed by atoms with Crippen LogP contribution in [0.2, 0.25) is 0 Å². The van der Waals surface area contributed by atoms with Gasteiger partial charge in [-0.2, -0.15) is 4.57 Å². The molecule has 0 bridgehead atoms. The summed E-state index contributed by atoms with van der Waals surface area (Å²) >= 11 is 1.60. The molecule has 2 rings (SSSR count). The van der Waals surface area contributed by atoms with Gasteiger partial charge in [-0.3, -0.25) is 0 Å². The Morgan fingerprint density at radius 3 is 3.15 bits per heavy atom. The van der Waals surface area contributed by atoms with Crippen LogP contribution in [-0.4, -0.2) is 10.5 Å². The molecule has 4 heteroatoms. The van der Waals surface area contributed by atoms with Gasteiger partial charge < -0.3 is 0 Å². The molecular weight excluding hydrogens is 184 g/mol. The van der Waals surface area contributed by atoms with Crippen LogP contribution in [0.15, 0.2) is 36.2 Å². The minimum absolute atomic E-state index is 0.0868. The molecule has 0 saturated carbocycles. The molecule has 0 fully saturated rings. The summed E-state index contributed by atoms with van der Waals surface area (Å²) in [7, 11) is 0. The second-order valence-electron chi connectivity index (χ2n) is 2.67. The van der Waals surface area contributed by atoms with Crippen molar-refractivity contribution in [3.63, 3.8) is 0 Å². The molecule has 0 radical (unpaired) electrons. The number of thiophene rings is 1. The van der Waals surface area contributed by atoms with E-state index in [2.05, 4.69) is 4.98 Å². The molecule has 0 spiro atoms. The van der Waals surface area contributed by atoms with Crippen LogP contribution in [0.3, 0.4) is 0 Å². The minimum atomic E-state index is 0.0868. The summed E-state index contributed by atoms with van der Waals surface area (Å²) in [6, 6.07) is 3.92. The molecule has 0 aliphatic rings. The van der Waals surface area contributed by atoms with Crippen molar-refractivity contribution in [3.05, 3.63) is 41.1 Å². The Labute approximate surface area is 79.7 Å². The van der Waals surface area contributed by atoms with E-state index >= 15 is 0 Å². The maximum atomic E-state index is 11.5. The monoisotopic (exact) mass is 193 g/mol. The maximum Gasteiger partial charge on any atom is 0.319 e. The Morgan fingerprint density at radius 2 is 2.54 bits per heavy atom. The molecule has 66 valence electrons. The van der Waals surface area contributed by atoms with Crippen molar-refractivity contribution in [1.29, 1.82) is 0 Å². The molecule has 2 aromatic heterocycles. The summed E-state index contributed by atoms with van der Waals surface area (Å²) < 4.78 is 1.56. The number of hydrogen-bond acceptors (Lipinski definition) is 2. The molecular formula is C9H9N2OS+. The summed E-state index contributed by atoms with van der Waals surface area (Å²) in [4.78, 5) is 15.5. The van der Waals surface area contributed by atoms with Gasteiger partial charge in [-0.25, -0.2) is 9.78 Å². The van der Waals surface area contributed by atoms with Gasteiger partial charge in [-0.05, 0) is 11.4 Å². The molecule has 0 aromatic carbocycles. The first kappa shape index (κ1) is 8.19. The van der Waals surface area contributed by atoms with Crippen molar-refractivity contribution in [2.75, 3.05) is 0 Å². The van der Waals surface area contributed by atoms with Crippen molar-refractivity contribution in [1.82, 2.24) is 4.57 Å². The molecule has 0 saturated heterocycles. The highest BCUT2D eigenvalue weighted by atomic mass is 32.1. The van der Waals surface area contributed by atoms with Crippen LogP contribution in [0.5, 0.6) is 0 Å². The van der Waals surface area contributed by atoms with E-state index in [9.17, 15) is 4.79 Å². The van der Waals surface area contributed by atoms with E-state index in [1.807, 2.05) is 17.5 Å². The number of aromatic amines is 1. The molecule has 3 nitrogen and oxygen atoms in total. The fourth-order valence-corrected chi connectivity index (χ4v) is 1.79. The van der Waals surface area contributed by atoms with Crippen molar-refractivity contribution >= 4 is 17.2 Å². The van der Waals surface area contributed by atoms with E-state index in [1.165, 1.54) is 0 Å². The van der Waals surface area contributed by atoms with E-state index in [4.69, 9.17) is 0 Å². The average Bonchev–Trinajstić information content (AvgIpc) is 2.74. The van der Waals surface area contributed by atoms with E-state index in [0.717, 1.165) is 4.88 Å². The van der Waals surface area contributed by atoms with Gasteiger partial charge in [0, 0.05) is 4.88 Å². The van der Waals surface area contributed by atoms with Crippen LogP contribution >= 0.6 is 11.3 Å². The number of H-pyrrole nitrogens is 1.